The van der Waals surface area contributed by atoms with E-state index < -0.39 is 18.6 Å². The van der Waals surface area contributed by atoms with E-state index in [1.54, 1.807) is 30.3 Å². The summed E-state index contributed by atoms with van der Waals surface area (Å²) >= 11 is 0. The number of nitrogens with two attached hydrogens (primary N) is 1. The van der Waals surface area contributed by atoms with Crippen LogP contribution >= 0.6 is 0 Å². The molecule has 0 fully saturated rings. The Bertz CT molecular complexity index is 666. The predicted octanol–water partition coefficient (Wildman–Crippen LogP) is 2.94. The molecule has 2 aromatic carbocycles. The molecule has 1 amide bonds. The van der Waals surface area contributed by atoms with Crippen molar-refractivity contribution in [3.05, 3.63) is 54.1 Å². The van der Waals surface area contributed by atoms with Gasteiger partial charge in [-0.25, -0.2) is 0 Å². The Morgan fingerprint density at radius 3 is 2.39 bits per heavy atom. The van der Waals surface area contributed by atoms with Crippen molar-refractivity contribution in [2.75, 3.05) is 12.4 Å². The molecule has 0 aliphatic heterocycles. The molecule has 0 bridgehead atoms. The molecule has 0 aliphatic carbocycles. The van der Waals surface area contributed by atoms with Crippen LogP contribution in [-0.4, -0.2) is 19.6 Å². The topological polar surface area (TPSA) is 73.6 Å². The Morgan fingerprint density at radius 2 is 1.83 bits per heavy atom. The molecule has 1 atom stereocenters. The lowest BCUT2D eigenvalue weighted by Gasteiger charge is -2.18. The maximum atomic E-state index is 12.5. The van der Waals surface area contributed by atoms with E-state index in [2.05, 4.69) is 10.1 Å². The number of rotatable bonds is 7. The minimum Gasteiger partial charge on any atom is -0.493 e. The van der Waals surface area contributed by atoms with Crippen molar-refractivity contribution in [3.8, 4) is 11.5 Å². The monoisotopic (exact) mass is 322 g/mol. The molecule has 0 saturated heterocycles. The first-order valence-corrected chi connectivity index (χ1v) is 6.75. The summed E-state index contributed by atoms with van der Waals surface area (Å²) in [7, 11) is 1.34. The highest BCUT2D eigenvalue weighted by Gasteiger charge is 2.18. The largest absolute Gasteiger partial charge is 0.493 e. The van der Waals surface area contributed by atoms with Crippen LogP contribution in [0.5, 0.6) is 11.5 Å². The van der Waals surface area contributed by atoms with Crippen LogP contribution in [0.1, 0.15) is 11.6 Å². The van der Waals surface area contributed by atoms with Gasteiger partial charge in [-0.1, -0.05) is 30.3 Å². The van der Waals surface area contributed by atoms with Gasteiger partial charge in [0, 0.05) is 11.8 Å². The average molecular weight is 322 g/mol. The summed E-state index contributed by atoms with van der Waals surface area (Å²) in [6.45, 7) is -2.99. The molecule has 2 rings (SSSR count). The summed E-state index contributed by atoms with van der Waals surface area (Å²) in [6.07, 6.45) is 0. The molecule has 0 heterocycles. The number of nitrogens with one attached hydrogen (secondary N) is 1. The number of anilines is 1. The Balaban J connectivity index is 2.28. The summed E-state index contributed by atoms with van der Waals surface area (Å²) < 4.78 is 34.3. The lowest BCUT2D eigenvalue weighted by atomic mass is 10.1. The van der Waals surface area contributed by atoms with Crippen molar-refractivity contribution in [2.45, 2.75) is 12.7 Å². The fourth-order valence-electron chi connectivity index (χ4n) is 2.09. The van der Waals surface area contributed by atoms with E-state index in [1.165, 1.54) is 19.2 Å². The van der Waals surface area contributed by atoms with Crippen molar-refractivity contribution in [1.82, 2.24) is 0 Å². The molecular weight excluding hydrogens is 306 g/mol. The number of hydrogen-bond acceptors (Lipinski definition) is 4. The molecule has 0 aliphatic rings. The van der Waals surface area contributed by atoms with E-state index in [0.29, 0.717) is 11.3 Å². The molecule has 122 valence electrons. The third-order valence-electron chi connectivity index (χ3n) is 3.11. The van der Waals surface area contributed by atoms with Gasteiger partial charge in [0.05, 0.1) is 7.11 Å². The average Bonchev–Trinajstić information content (AvgIpc) is 2.53. The van der Waals surface area contributed by atoms with Crippen LogP contribution in [0.4, 0.5) is 14.5 Å². The van der Waals surface area contributed by atoms with Gasteiger partial charge in [0.25, 0.3) is 0 Å². The van der Waals surface area contributed by atoms with Crippen molar-refractivity contribution in [3.63, 3.8) is 0 Å². The van der Waals surface area contributed by atoms with Crippen LogP contribution in [0, 0.1) is 0 Å². The van der Waals surface area contributed by atoms with Gasteiger partial charge in [0.2, 0.25) is 5.91 Å². The van der Waals surface area contributed by atoms with Crippen molar-refractivity contribution >= 4 is 11.6 Å². The Labute approximate surface area is 132 Å². The molecule has 0 saturated carbocycles. The van der Waals surface area contributed by atoms with E-state index in [9.17, 15) is 13.6 Å². The summed E-state index contributed by atoms with van der Waals surface area (Å²) in [5, 5.41) is 2.90. The molecule has 23 heavy (non-hydrogen) atoms. The molecule has 5 nitrogen and oxygen atoms in total. The van der Waals surface area contributed by atoms with Gasteiger partial charge in [-0.2, -0.15) is 8.78 Å². The standard InChI is InChI=1S/C16H16F2N2O3/c1-22-12-8-7-11(9-13(12)23-16(17)18)20-14(15(19)21)10-5-3-2-4-6-10/h2-9,14,16,20H,1H3,(H2,19,21)/t14-/m1/s1. The van der Waals surface area contributed by atoms with Gasteiger partial charge in [0.1, 0.15) is 6.04 Å². The maximum Gasteiger partial charge on any atom is 0.387 e. The number of carbonyl (C=O) groups is 1. The first-order chi connectivity index (χ1) is 11.0. The van der Waals surface area contributed by atoms with Crippen molar-refractivity contribution < 1.29 is 23.0 Å². The molecule has 0 radical (unpaired) electrons. The highest BCUT2D eigenvalue weighted by molar-refractivity contribution is 5.84. The van der Waals surface area contributed by atoms with Crippen LogP contribution in [0.15, 0.2) is 48.5 Å². The van der Waals surface area contributed by atoms with E-state index in [1.807, 2.05) is 6.07 Å². The normalized spacial score (nSPS) is 11.8. The Kier molecular flexibility index (Phi) is 5.35. The van der Waals surface area contributed by atoms with Crippen LogP contribution in [-0.2, 0) is 4.79 Å². The lowest BCUT2D eigenvalue weighted by molar-refractivity contribution is -0.118. The second-order valence-electron chi connectivity index (χ2n) is 4.63. The first-order valence-electron chi connectivity index (χ1n) is 6.75. The zero-order chi connectivity index (χ0) is 16.8. The molecular formula is C16H16F2N2O3. The van der Waals surface area contributed by atoms with Crippen molar-refractivity contribution in [1.29, 1.82) is 0 Å². The predicted molar refractivity (Wildman–Crippen MR) is 81.6 cm³/mol. The van der Waals surface area contributed by atoms with Crippen LogP contribution in [0.2, 0.25) is 0 Å². The number of primary amides is 1. The van der Waals surface area contributed by atoms with Crippen LogP contribution < -0.4 is 20.5 Å². The smallest absolute Gasteiger partial charge is 0.387 e. The SMILES string of the molecule is COc1ccc(N[C@@H](C(N)=O)c2ccccc2)cc1OC(F)F. The van der Waals surface area contributed by atoms with E-state index >= 15 is 0 Å². The van der Waals surface area contributed by atoms with Crippen LogP contribution in [0.25, 0.3) is 0 Å². The fourth-order valence-corrected chi connectivity index (χ4v) is 2.09. The molecule has 0 spiro atoms. The first kappa shape index (κ1) is 16.5. The van der Waals surface area contributed by atoms with E-state index in [-0.39, 0.29) is 11.5 Å². The van der Waals surface area contributed by atoms with Crippen LogP contribution in [0.3, 0.4) is 0 Å². The maximum absolute atomic E-state index is 12.5. The second-order valence-corrected chi connectivity index (χ2v) is 4.63. The molecule has 2 aromatic rings. The number of halogens is 2. The van der Waals surface area contributed by atoms with Gasteiger partial charge < -0.3 is 20.5 Å². The molecule has 0 unspecified atom stereocenters. The molecule has 3 N–H and O–H groups in total. The third-order valence-corrected chi connectivity index (χ3v) is 3.11. The minimum absolute atomic E-state index is 0.135. The van der Waals surface area contributed by atoms with E-state index in [0.717, 1.165) is 0 Å². The van der Waals surface area contributed by atoms with Gasteiger partial charge in [-0.3, -0.25) is 4.79 Å². The van der Waals surface area contributed by atoms with E-state index in [4.69, 9.17) is 10.5 Å². The highest BCUT2D eigenvalue weighted by Crippen LogP contribution is 2.32. The van der Waals surface area contributed by atoms with Gasteiger partial charge in [-0.15, -0.1) is 0 Å². The second kappa shape index (κ2) is 7.44. The number of hydrogen-bond donors (Lipinski definition) is 2. The van der Waals surface area contributed by atoms with Gasteiger partial charge >= 0.3 is 6.61 Å². The molecule has 7 heteroatoms. The Hall–Kier alpha value is -2.83. The Morgan fingerprint density at radius 1 is 1.13 bits per heavy atom. The minimum atomic E-state index is -2.99. The third kappa shape index (κ3) is 4.32. The number of methoxy groups -OCH3 is 1. The number of benzene rings is 2. The lowest BCUT2D eigenvalue weighted by Crippen LogP contribution is -2.27. The zero-order valence-corrected chi connectivity index (χ0v) is 12.3. The number of amides is 1. The summed E-state index contributed by atoms with van der Waals surface area (Å²) in [5.41, 5.74) is 6.47. The highest BCUT2D eigenvalue weighted by atomic mass is 19.3. The zero-order valence-electron chi connectivity index (χ0n) is 12.3. The quantitative estimate of drug-likeness (QED) is 0.822. The summed E-state index contributed by atoms with van der Waals surface area (Å²) in [6, 6.07) is 12.4. The number of carbonyl (C=O) groups excluding carboxylic acids is 1. The van der Waals surface area contributed by atoms with Gasteiger partial charge in [0.15, 0.2) is 11.5 Å². The van der Waals surface area contributed by atoms with Gasteiger partial charge in [-0.05, 0) is 17.7 Å². The summed E-state index contributed by atoms with van der Waals surface area (Å²) in [4.78, 5) is 11.7. The number of alkyl halides is 2. The number of ether oxygens (including phenoxy) is 2. The summed E-state index contributed by atoms with van der Waals surface area (Å²) in [5.74, 6) is -0.571. The van der Waals surface area contributed by atoms with Crippen molar-refractivity contribution in [2.24, 2.45) is 5.73 Å². The fraction of sp³-hybridized carbons (Fsp3) is 0.188. The molecule has 0 aromatic heterocycles.